The number of nitrogens with zero attached hydrogens (tertiary/aromatic N) is 2. The Morgan fingerprint density at radius 2 is 1.64 bits per heavy atom. The first kappa shape index (κ1) is 19.5. The van der Waals surface area contributed by atoms with Crippen molar-refractivity contribution in [3.8, 4) is 40.1 Å². The van der Waals surface area contributed by atoms with Gasteiger partial charge in [-0.3, -0.25) is 4.72 Å². The van der Waals surface area contributed by atoms with Crippen LogP contribution in [0.15, 0.2) is 40.9 Å². The molecule has 0 unspecified atom stereocenters. The van der Waals surface area contributed by atoms with E-state index in [9.17, 15) is 8.42 Å². The average Bonchev–Trinajstić information content (AvgIpc) is 3.15. The van der Waals surface area contributed by atoms with E-state index in [1.807, 2.05) is 0 Å². The van der Waals surface area contributed by atoms with Gasteiger partial charge in [-0.15, -0.1) is 0 Å². The van der Waals surface area contributed by atoms with Crippen molar-refractivity contribution in [2.75, 3.05) is 32.3 Å². The fraction of sp³-hybridized carbons (Fsp3) is 0.222. The molecule has 9 nitrogen and oxygen atoms in total. The summed E-state index contributed by atoms with van der Waals surface area (Å²) in [4.78, 5) is 4.38. The van der Waals surface area contributed by atoms with E-state index in [2.05, 4.69) is 14.9 Å². The summed E-state index contributed by atoms with van der Waals surface area (Å²) in [6, 6.07) is 10.1. The molecule has 1 aromatic heterocycles. The number of para-hydroxylation sites is 1. The second-order valence-corrected chi connectivity index (χ2v) is 7.51. The van der Waals surface area contributed by atoms with Crippen LogP contribution in [-0.4, -0.2) is 46.1 Å². The standard InChI is InChI=1S/C18H19N3O6S/c1-24-14-9-11(10-15(25-2)16(14)26-3)17-19-18(27-20-17)12-7-5-6-8-13(12)21-28(4,22)23/h5-10,21H,1-4H3. The molecule has 148 valence electrons. The fourth-order valence-corrected chi connectivity index (χ4v) is 3.20. The lowest BCUT2D eigenvalue weighted by Gasteiger charge is -2.12. The number of anilines is 1. The average molecular weight is 405 g/mol. The highest BCUT2D eigenvalue weighted by Crippen LogP contribution is 2.41. The molecule has 0 atom stereocenters. The topological polar surface area (TPSA) is 113 Å². The number of sulfonamides is 1. The number of hydrogen-bond acceptors (Lipinski definition) is 8. The van der Waals surface area contributed by atoms with Crippen LogP contribution < -0.4 is 18.9 Å². The lowest BCUT2D eigenvalue weighted by atomic mass is 10.1. The Hall–Kier alpha value is -3.27. The zero-order valence-corrected chi connectivity index (χ0v) is 16.5. The van der Waals surface area contributed by atoms with E-state index >= 15 is 0 Å². The van der Waals surface area contributed by atoms with Gasteiger partial charge in [0.05, 0.1) is 38.8 Å². The Bertz CT molecular complexity index is 1070. The van der Waals surface area contributed by atoms with Crippen molar-refractivity contribution in [1.29, 1.82) is 0 Å². The van der Waals surface area contributed by atoms with E-state index in [0.29, 0.717) is 34.1 Å². The second kappa shape index (κ2) is 7.77. The van der Waals surface area contributed by atoms with Gasteiger partial charge in [-0.05, 0) is 24.3 Å². The summed E-state index contributed by atoms with van der Waals surface area (Å²) in [6.45, 7) is 0. The molecule has 1 heterocycles. The maximum Gasteiger partial charge on any atom is 0.260 e. The molecule has 0 saturated carbocycles. The predicted octanol–water partition coefficient (Wildman–Crippen LogP) is 2.80. The summed E-state index contributed by atoms with van der Waals surface area (Å²) in [5.41, 5.74) is 1.38. The van der Waals surface area contributed by atoms with Crippen LogP contribution in [0.1, 0.15) is 0 Å². The minimum absolute atomic E-state index is 0.163. The number of hydrogen-bond donors (Lipinski definition) is 1. The third kappa shape index (κ3) is 4.01. The summed E-state index contributed by atoms with van der Waals surface area (Å²) >= 11 is 0. The summed E-state index contributed by atoms with van der Waals surface area (Å²) < 4.78 is 47.0. The largest absolute Gasteiger partial charge is 0.493 e. The van der Waals surface area contributed by atoms with Crippen molar-refractivity contribution in [1.82, 2.24) is 10.1 Å². The molecular weight excluding hydrogens is 386 g/mol. The molecule has 0 spiro atoms. The van der Waals surface area contributed by atoms with Gasteiger partial charge < -0.3 is 18.7 Å². The Labute approximate surface area is 162 Å². The summed E-state index contributed by atoms with van der Waals surface area (Å²) in [5, 5.41) is 3.99. The van der Waals surface area contributed by atoms with Crippen LogP contribution in [0, 0.1) is 0 Å². The maximum atomic E-state index is 11.6. The summed E-state index contributed by atoms with van der Waals surface area (Å²) in [7, 11) is 1.07. The number of aromatic nitrogens is 2. The van der Waals surface area contributed by atoms with Gasteiger partial charge in [-0.1, -0.05) is 17.3 Å². The summed E-state index contributed by atoms with van der Waals surface area (Å²) in [6.07, 6.45) is 1.07. The van der Waals surface area contributed by atoms with Gasteiger partial charge in [0, 0.05) is 5.56 Å². The minimum Gasteiger partial charge on any atom is -0.493 e. The molecule has 10 heteroatoms. The highest BCUT2D eigenvalue weighted by atomic mass is 32.2. The van der Waals surface area contributed by atoms with Crippen LogP contribution >= 0.6 is 0 Å². The van der Waals surface area contributed by atoms with E-state index in [4.69, 9.17) is 18.7 Å². The predicted molar refractivity (Wildman–Crippen MR) is 103 cm³/mol. The Kier molecular flexibility index (Phi) is 5.41. The normalized spacial score (nSPS) is 11.1. The van der Waals surface area contributed by atoms with Crippen molar-refractivity contribution in [2.24, 2.45) is 0 Å². The van der Waals surface area contributed by atoms with Crippen molar-refractivity contribution >= 4 is 15.7 Å². The van der Waals surface area contributed by atoms with Crippen LogP contribution in [0.4, 0.5) is 5.69 Å². The molecule has 0 saturated heterocycles. The molecule has 0 aliphatic heterocycles. The smallest absolute Gasteiger partial charge is 0.260 e. The third-order valence-electron chi connectivity index (χ3n) is 3.80. The van der Waals surface area contributed by atoms with Crippen LogP contribution in [-0.2, 0) is 10.0 Å². The molecule has 0 aliphatic carbocycles. The van der Waals surface area contributed by atoms with Crippen LogP contribution in [0.25, 0.3) is 22.8 Å². The van der Waals surface area contributed by atoms with E-state index in [1.54, 1.807) is 36.4 Å². The molecule has 28 heavy (non-hydrogen) atoms. The van der Waals surface area contributed by atoms with Crippen molar-refractivity contribution in [3.63, 3.8) is 0 Å². The number of nitrogens with one attached hydrogen (secondary N) is 1. The molecule has 1 N–H and O–H groups in total. The van der Waals surface area contributed by atoms with Crippen molar-refractivity contribution < 1.29 is 27.2 Å². The molecule has 3 aromatic rings. The Morgan fingerprint density at radius 1 is 1.00 bits per heavy atom. The first-order valence-corrected chi connectivity index (χ1v) is 9.96. The zero-order valence-electron chi connectivity index (χ0n) is 15.7. The van der Waals surface area contributed by atoms with E-state index in [0.717, 1.165) is 6.26 Å². The quantitative estimate of drug-likeness (QED) is 0.638. The van der Waals surface area contributed by atoms with Gasteiger partial charge in [-0.2, -0.15) is 4.98 Å². The highest BCUT2D eigenvalue weighted by Gasteiger charge is 2.19. The van der Waals surface area contributed by atoms with E-state index in [-0.39, 0.29) is 11.7 Å². The van der Waals surface area contributed by atoms with Crippen LogP contribution in [0.3, 0.4) is 0 Å². The van der Waals surface area contributed by atoms with E-state index in [1.165, 1.54) is 21.3 Å². The molecule has 2 aromatic carbocycles. The lowest BCUT2D eigenvalue weighted by molar-refractivity contribution is 0.324. The molecule has 3 rings (SSSR count). The van der Waals surface area contributed by atoms with Crippen LogP contribution in [0.2, 0.25) is 0 Å². The Balaban J connectivity index is 2.05. The van der Waals surface area contributed by atoms with Gasteiger partial charge in [0.2, 0.25) is 21.6 Å². The number of benzene rings is 2. The molecule has 0 fully saturated rings. The monoisotopic (exact) mass is 405 g/mol. The highest BCUT2D eigenvalue weighted by molar-refractivity contribution is 7.92. The SMILES string of the molecule is COc1cc(-c2noc(-c3ccccc3NS(C)(=O)=O)n2)cc(OC)c1OC. The maximum absolute atomic E-state index is 11.6. The number of methoxy groups -OCH3 is 3. The molecule has 0 radical (unpaired) electrons. The van der Waals surface area contributed by atoms with Gasteiger partial charge in [-0.25, -0.2) is 8.42 Å². The fourth-order valence-electron chi connectivity index (χ4n) is 2.62. The molecule has 0 aliphatic rings. The van der Waals surface area contributed by atoms with Gasteiger partial charge in [0.1, 0.15) is 0 Å². The van der Waals surface area contributed by atoms with Gasteiger partial charge in [0.15, 0.2) is 11.5 Å². The number of rotatable bonds is 7. The van der Waals surface area contributed by atoms with Crippen LogP contribution in [0.5, 0.6) is 17.2 Å². The lowest BCUT2D eigenvalue weighted by Crippen LogP contribution is -2.10. The van der Waals surface area contributed by atoms with Gasteiger partial charge >= 0.3 is 0 Å². The number of ether oxygens (including phenoxy) is 3. The molecule has 0 amide bonds. The van der Waals surface area contributed by atoms with Gasteiger partial charge in [0.25, 0.3) is 5.89 Å². The van der Waals surface area contributed by atoms with Crippen molar-refractivity contribution in [3.05, 3.63) is 36.4 Å². The van der Waals surface area contributed by atoms with Crippen molar-refractivity contribution in [2.45, 2.75) is 0 Å². The first-order valence-electron chi connectivity index (χ1n) is 8.07. The second-order valence-electron chi connectivity index (χ2n) is 5.76. The summed E-state index contributed by atoms with van der Waals surface area (Å²) in [5.74, 6) is 1.78. The van der Waals surface area contributed by atoms with E-state index < -0.39 is 10.0 Å². The Morgan fingerprint density at radius 3 is 2.21 bits per heavy atom. The molecular formula is C18H19N3O6S. The third-order valence-corrected chi connectivity index (χ3v) is 4.39. The zero-order chi connectivity index (χ0) is 20.3. The minimum atomic E-state index is -3.47. The first-order chi connectivity index (χ1) is 13.4. The molecule has 0 bridgehead atoms.